The van der Waals surface area contributed by atoms with Crippen LogP contribution >= 0.6 is 0 Å². The summed E-state index contributed by atoms with van der Waals surface area (Å²) in [5.74, 6) is -4.79. The average Bonchev–Trinajstić information content (AvgIpc) is 2.72. The van der Waals surface area contributed by atoms with Crippen LogP contribution in [-0.2, 0) is 9.53 Å². The largest absolute Gasteiger partial charge is 0.481 e. The smallest absolute Gasteiger partial charge is 0.316 e. The van der Waals surface area contributed by atoms with E-state index in [1.807, 2.05) is 0 Å². The van der Waals surface area contributed by atoms with E-state index < -0.39 is 29.6 Å². The Labute approximate surface area is 80.0 Å². The lowest BCUT2D eigenvalue weighted by Gasteiger charge is -2.27. The Bertz CT molecular complexity index is 261. The van der Waals surface area contributed by atoms with E-state index in [0.29, 0.717) is 26.1 Å². The molecule has 3 nitrogen and oxygen atoms in total. The molecule has 2 fully saturated rings. The van der Waals surface area contributed by atoms with E-state index in [4.69, 9.17) is 9.84 Å². The number of rotatable bonds is 2. The summed E-state index contributed by atoms with van der Waals surface area (Å²) in [6.07, 6.45) is 0.365. The van der Waals surface area contributed by atoms with Crippen LogP contribution in [0.3, 0.4) is 0 Å². The van der Waals surface area contributed by atoms with E-state index in [9.17, 15) is 13.6 Å². The quantitative estimate of drug-likeness (QED) is 0.745. The maximum absolute atomic E-state index is 13.1. The van der Waals surface area contributed by atoms with Crippen LogP contribution in [0.25, 0.3) is 0 Å². The Morgan fingerprint density at radius 3 is 2.21 bits per heavy atom. The van der Waals surface area contributed by atoms with Crippen LogP contribution in [-0.4, -0.2) is 30.2 Å². The predicted octanol–water partition coefficient (Wildman–Crippen LogP) is 1.52. The molecule has 14 heavy (non-hydrogen) atoms. The van der Waals surface area contributed by atoms with Crippen molar-refractivity contribution in [2.45, 2.75) is 25.2 Å². The van der Waals surface area contributed by atoms with Crippen LogP contribution in [0, 0.1) is 11.3 Å². The number of halogens is 2. The van der Waals surface area contributed by atoms with Crippen LogP contribution in [0.4, 0.5) is 8.78 Å². The first-order chi connectivity index (χ1) is 6.51. The molecule has 1 unspecified atom stereocenters. The Hall–Kier alpha value is -0.710. The molecule has 0 amide bonds. The lowest BCUT2D eigenvalue weighted by molar-refractivity contribution is -0.153. The van der Waals surface area contributed by atoms with Crippen molar-refractivity contribution in [3.05, 3.63) is 0 Å². The molecule has 0 aromatic heterocycles. The summed E-state index contributed by atoms with van der Waals surface area (Å²) < 4.78 is 31.2. The van der Waals surface area contributed by atoms with Crippen molar-refractivity contribution in [1.29, 1.82) is 0 Å². The average molecular weight is 206 g/mol. The van der Waals surface area contributed by atoms with E-state index in [1.165, 1.54) is 0 Å². The van der Waals surface area contributed by atoms with Crippen LogP contribution in [0.5, 0.6) is 0 Å². The molecule has 80 valence electrons. The zero-order chi connectivity index (χ0) is 10.4. The number of hydrogen-bond donors (Lipinski definition) is 1. The van der Waals surface area contributed by atoms with Gasteiger partial charge in [0.05, 0.1) is 0 Å². The molecule has 1 saturated heterocycles. The monoisotopic (exact) mass is 206 g/mol. The molecule has 0 aromatic rings. The molecule has 1 N–H and O–H groups in total. The van der Waals surface area contributed by atoms with E-state index in [1.54, 1.807) is 0 Å². The topological polar surface area (TPSA) is 46.5 Å². The second kappa shape index (κ2) is 2.89. The van der Waals surface area contributed by atoms with Crippen LogP contribution in [0.1, 0.15) is 19.3 Å². The number of hydrogen-bond acceptors (Lipinski definition) is 2. The zero-order valence-electron chi connectivity index (χ0n) is 7.63. The number of carboxylic acids is 1. The Morgan fingerprint density at radius 2 is 1.86 bits per heavy atom. The molecular formula is C9H12F2O3. The van der Waals surface area contributed by atoms with Crippen molar-refractivity contribution in [2.24, 2.45) is 11.3 Å². The summed E-state index contributed by atoms with van der Waals surface area (Å²) >= 11 is 0. The zero-order valence-corrected chi connectivity index (χ0v) is 7.63. The normalized spacial score (nSPS) is 36.7. The van der Waals surface area contributed by atoms with Gasteiger partial charge in [-0.1, -0.05) is 0 Å². The molecule has 5 heteroatoms. The van der Waals surface area contributed by atoms with Crippen molar-refractivity contribution in [3.8, 4) is 0 Å². The van der Waals surface area contributed by atoms with Crippen molar-refractivity contribution in [1.82, 2.24) is 0 Å². The molecule has 0 spiro atoms. The van der Waals surface area contributed by atoms with Gasteiger partial charge in [-0.3, -0.25) is 4.79 Å². The number of aliphatic carboxylic acids is 1. The lowest BCUT2D eigenvalue weighted by atomic mass is 9.82. The van der Waals surface area contributed by atoms with Gasteiger partial charge in [-0.25, -0.2) is 8.78 Å². The molecule has 1 heterocycles. The van der Waals surface area contributed by atoms with Gasteiger partial charge in [-0.05, 0) is 18.8 Å². The van der Waals surface area contributed by atoms with Crippen LogP contribution in [0.2, 0.25) is 0 Å². The van der Waals surface area contributed by atoms with Crippen molar-refractivity contribution in [3.63, 3.8) is 0 Å². The highest BCUT2D eigenvalue weighted by atomic mass is 19.3. The minimum Gasteiger partial charge on any atom is -0.481 e. The third kappa shape index (κ3) is 1.15. The number of carbonyl (C=O) groups is 1. The van der Waals surface area contributed by atoms with Gasteiger partial charge in [-0.15, -0.1) is 0 Å². The summed E-state index contributed by atoms with van der Waals surface area (Å²) in [4.78, 5) is 10.9. The van der Waals surface area contributed by atoms with E-state index in [-0.39, 0.29) is 0 Å². The molecule has 2 aliphatic rings. The number of alkyl halides is 2. The molecule has 0 bridgehead atoms. The summed E-state index contributed by atoms with van der Waals surface area (Å²) in [7, 11) is 0. The highest BCUT2D eigenvalue weighted by Crippen LogP contribution is 2.66. The second-order valence-corrected chi connectivity index (χ2v) is 4.04. The Balaban J connectivity index is 2.17. The number of ether oxygens (including phenoxy) is 1. The predicted molar refractivity (Wildman–Crippen MR) is 43.2 cm³/mol. The highest BCUT2D eigenvalue weighted by molar-refractivity contribution is 5.80. The van der Waals surface area contributed by atoms with Crippen molar-refractivity contribution in [2.75, 3.05) is 13.2 Å². The first-order valence-electron chi connectivity index (χ1n) is 4.70. The fourth-order valence-electron chi connectivity index (χ4n) is 2.35. The summed E-state index contributed by atoms with van der Waals surface area (Å²) in [6, 6.07) is 0. The summed E-state index contributed by atoms with van der Waals surface area (Å²) in [5.41, 5.74) is -1.78. The molecule has 1 atom stereocenters. The second-order valence-electron chi connectivity index (χ2n) is 4.04. The van der Waals surface area contributed by atoms with Gasteiger partial charge >= 0.3 is 5.97 Å². The lowest BCUT2D eigenvalue weighted by Crippen LogP contribution is -2.35. The molecule has 1 aliphatic carbocycles. The summed E-state index contributed by atoms with van der Waals surface area (Å²) in [5, 5.41) is 8.87. The standard InChI is InChI=1S/C9H12F2O3/c10-9(11)5-8(9,7(12)13)6-1-3-14-4-2-6/h6H,1-5H2,(H,12,13). The first-order valence-corrected chi connectivity index (χ1v) is 4.70. The third-order valence-electron chi connectivity index (χ3n) is 3.33. The fraction of sp³-hybridized carbons (Fsp3) is 0.889. The van der Waals surface area contributed by atoms with Crippen molar-refractivity contribution >= 4 is 5.97 Å². The maximum atomic E-state index is 13.1. The molecule has 1 aliphatic heterocycles. The highest BCUT2D eigenvalue weighted by Gasteiger charge is 2.78. The Morgan fingerprint density at radius 1 is 1.36 bits per heavy atom. The number of carboxylic acid groups (broad SMARTS) is 1. The molecule has 1 saturated carbocycles. The van der Waals surface area contributed by atoms with E-state index in [2.05, 4.69) is 0 Å². The van der Waals surface area contributed by atoms with E-state index >= 15 is 0 Å². The molecular weight excluding hydrogens is 194 g/mol. The maximum Gasteiger partial charge on any atom is 0.316 e. The third-order valence-corrected chi connectivity index (χ3v) is 3.33. The fourth-order valence-corrected chi connectivity index (χ4v) is 2.35. The molecule has 0 aromatic carbocycles. The minimum atomic E-state index is -3.01. The van der Waals surface area contributed by atoms with Gasteiger partial charge in [-0.2, -0.15) is 0 Å². The van der Waals surface area contributed by atoms with Crippen LogP contribution in [0.15, 0.2) is 0 Å². The molecule has 2 rings (SSSR count). The van der Waals surface area contributed by atoms with E-state index in [0.717, 1.165) is 0 Å². The van der Waals surface area contributed by atoms with Gasteiger partial charge in [0.15, 0.2) is 0 Å². The first kappa shape index (κ1) is 9.83. The molecule has 0 radical (unpaired) electrons. The van der Waals surface area contributed by atoms with Gasteiger partial charge in [0.25, 0.3) is 5.92 Å². The minimum absolute atomic E-state index is 0.399. The van der Waals surface area contributed by atoms with Gasteiger partial charge in [0.1, 0.15) is 5.41 Å². The van der Waals surface area contributed by atoms with Gasteiger partial charge in [0.2, 0.25) is 0 Å². The summed E-state index contributed by atoms with van der Waals surface area (Å²) in [6.45, 7) is 0.797. The SMILES string of the molecule is O=C(O)C1(C2CCOCC2)CC1(F)F. The van der Waals surface area contributed by atoms with Gasteiger partial charge in [0, 0.05) is 19.6 Å². The van der Waals surface area contributed by atoms with Crippen molar-refractivity contribution < 1.29 is 23.4 Å². The van der Waals surface area contributed by atoms with Gasteiger partial charge < -0.3 is 9.84 Å². The Kier molecular flexibility index (Phi) is 2.03. The van der Waals surface area contributed by atoms with Crippen LogP contribution < -0.4 is 0 Å².